The van der Waals surface area contributed by atoms with Gasteiger partial charge in [0.25, 0.3) is 0 Å². The number of para-hydroxylation sites is 1. The largest absolute Gasteiger partial charge is 0.444 e. The molecule has 6 heteroatoms. The highest BCUT2D eigenvalue weighted by atomic mass is 16.6. The second-order valence-electron chi connectivity index (χ2n) is 9.38. The molecule has 2 aromatic rings. The Balaban J connectivity index is 1.40. The predicted octanol–water partition coefficient (Wildman–Crippen LogP) is 4.92. The molecule has 32 heavy (non-hydrogen) atoms. The highest BCUT2D eigenvalue weighted by Crippen LogP contribution is 2.27. The number of carbonyl (C=O) groups is 2. The van der Waals surface area contributed by atoms with Gasteiger partial charge in [-0.15, -0.1) is 0 Å². The molecule has 0 bridgehead atoms. The maximum absolute atomic E-state index is 12.6. The smallest absolute Gasteiger partial charge is 0.407 e. The van der Waals surface area contributed by atoms with Crippen LogP contribution < -0.4 is 10.6 Å². The lowest BCUT2D eigenvalue weighted by atomic mass is 9.97. The lowest BCUT2D eigenvalue weighted by Crippen LogP contribution is -2.40. The summed E-state index contributed by atoms with van der Waals surface area (Å²) >= 11 is 0. The first-order chi connectivity index (χ1) is 15.3. The van der Waals surface area contributed by atoms with Crippen molar-refractivity contribution in [3.05, 3.63) is 54.6 Å². The van der Waals surface area contributed by atoms with Crippen LogP contribution >= 0.6 is 0 Å². The van der Waals surface area contributed by atoms with Crippen LogP contribution in [0.1, 0.15) is 40.0 Å². The Morgan fingerprint density at radius 2 is 1.66 bits per heavy atom. The van der Waals surface area contributed by atoms with Gasteiger partial charge in [0.05, 0.1) is 0 Å². The van der Waals surface area contributed by atoms with Gasteiger partial charge < -0.3 is 20.3 Å². The fraction of sp³-hybridized carbons (Fsp3) is 0.462. The molecule has 0 atom stereocenters. The van der Waals surface area contributed by atoms with Gasteiger partial charge in [0.2, 0.25) is 5.91 Å². The first-order valence-electron chi connectivity index (χ1n) is 11.4. The summed E-state index contributed by atoms with van der Waals surface area (Å²) in [5, 5.41) is 5.96. The number of nitrogens with zero attached hydrogens (tertiary/aromatic N) is 1. The third kappa shape index (κ3) is 7.68. The van der Waals surface area contributed by atoms with Crippen LogP contribution in [0.3, 0.4) is 0 Å². The summed E-state index contributed by atoms with van der Waals surface area (Å²) < 4.78 is 5.30. The summed E-state index contributed by atoms with van der Waals surface area (Å²) in [5.74, 6) is 0.479. The molecule has 6 nitrogen and oxygen atoms in total. The molecule has 0 radical (unpaired) electrons. The molecule has 1 fully saturated rings. The van der Waals surface area contributed by atoms with Crippen LogP contribution in [0.25, 0.3) is 11.1 Å². The van der Waals surface area contributed by atoms with E-state index in [4.69, 9.17) is 4.74 Å². The second kappa shape index (κ2) is 11.1. The SMILES string of the molecule is CC(C)(C)OC(=O)NCC1CCN(CCC(=O)Nc2ccccc2-c2ccccc2)CC1. The molecule has 0 unspecified atom stereocenters. The van der Waals surface area contributed by atoms with Gasteiger partial charge in [-0.2, -0.15) is 0 Å². The van der Waals surface area contributed by atoms with E-state index < -0.39 is 5.60 Å². The molecule has 1 heterocycles. The zero-order valence-corrected chi connectivity index (χ0v) is 19.4. The summed E-state index contributed by atoms with van der Waals surface area (Å²) in [7, 11) is 0. The Bertz CT molecular complexity index is 885. The van der Waals surface area contributed by atoms with Crippen LogP contribution in [0.2, 0.25) is 0 Å². The van der Waals surface area contributed by atoms with E-state index in [2.05, 4.69) is 15.5 Å². The van der Waals surface area contributed by atoms with Crippen LogP contribution in [0, 0.1) is 5.92 Å². The Labute approximate surface area is 191 Å². The van der Waals surface area contributed by atoms with Crippen LogP contribution in [0.5, 0.6) is 0 Å². The van der Waals surface area contributed by atoms with Crippen molar-refractivity contribution in [2.45, 2.75) is 45.6 Å². The van der Waals surface area contributed by atoms with Crippen molar-refractivity contribution < 1.29 is 14.3 Å². The van der Waals surface area contributed by atoms with Crippen LogP contribution in [0.4, 0.5) is 10.5 Å². The highest BCUT2D eigenvalue weighted by molar-refractivity contribution is 5.95. The molecule has 0 aliphatic carbocycles. The van der Waals surface area contributed by atoms with E-state index in [1.165, 1.54) is 0 Å². The fourth-order valence-electron chi connectivity index (χ4n) is 3.89. The number of carbonyl (C=O) groups excluding carboxylic acids is 2. The van der Waals surface area contributed by atoms with Gasteiger partial charge in [0, 0.05) is 30.8 Å². The number of alkyl carbamates (subject to hydrolysis) is 1. The van der Waals surface area contributed by atoms with Gasteiger partial charge in [-0.05, 0) is 64.3 Å². The molecule has 172 valence electrons. The van der Waals surface area contributed by atoms with Crippen molar-refractivity contribution in [1.29, 1.82) is 0 Å². The number of amides is 2. The molecule has 3 rings (SSSR count). The standard InChI is InChI=1S/C26H35N3O3/c1-26(2,3)32-25(31)27-19-20-13-16-29(17-14-20)18-15-24(30)28-23-12-8-7-11-22(23)21-9-5-4-6-10-21/h4-12,20H,13-19H2,1-3H3,(H,27,31)(H,28,30). The Morgan fingerprint density at radius 3 is 2.34 bits per heavy atom. The van der Waals surface area contributed by atoms with Crippen molar-refractivity contribution in [2.75, 3.05) is 31.5 Å². The summed E-state index contributed by atoms with van der Waals surface area (Å²) in [6.45, 7) is 8.85. The van der Waals surface area contributed by atoms with E-state index in [-0.39, 0.29) is 12.0 Å². The quantitative estimate of drug-likeness (QED) is 0.645. The number of nitrogens with one attached hydrogen (secondary N) is 2. The number of likely N-dealkylation sites (tertiary alicyclic amines) is 1. The van der Waals surface area contributed by atoms with Crippen molar-refractivity contribution in [2.24, 2.45) is 5.92 Å². The van der Waals surface area contributed by atoms with Crippen molar-refractivity contribution in [3.8, 4) is 11.1 Å². The lowest BCUT2D eigenvalue weighted by molar-refractivity contribution is -0.116. The molecule has 2 aromatic carbocycles. The van der Waals surface area contributed by atoms with Gasteiger partial charge in [0.15, 0.2) is 0 Å². The highest BCUT2D eigenvalue weighted by Gasteiger charge is 2.22. The fourth-order valence-corrected chi connectivity index (χ4v) is 3.89. The molecule has 2 N–H and O–H groups in total. The van der Waals surface area contributed by atoms with E-state index in [1.807, 2.05) is 75.4 Å². The minimum Gasteiger partial charge on any atom is -0.444 e. The van der Waals surface area contributed by atoms with Gasteiger partial charge >= 0.3 is 6.09 Å². The van der Waals surface area contributed by atoms with E-state index in [1.54, 1.807) is 0 Å². The van der Waals surface area contributed by atoms with Crippen LogP contribution in [-0.4, -0.2) is 48.7 Å². The third-order valence-electron chi connectivity index (χ3n) is 5.58. The Morgan fingerprint density at radius 1 is 1.00 bits per heavy atom. The first kappa shape index (κ1) is 23.8. The number of ether oxygens (including phenoxy) is 1. The van der Waals surface area contributed by atoms with Crippen molar-refractivity contribution >= 4 is 17.7 Å². The summed E-state index contributed by atoms with van der Waals surface area (Å²) in [6, 6.07) is 18.0. The predicted molar refractivity (Wildman–Crippen MR) is 129 cm³/mol. The number of hydrogen-bond donors (Lipinski definition) is 2. The second-order valence-corrected chi connectivity index (χ2v) is 9.38. The van der Waals surface area contributed by atoms with E-state index in [0.29, 0.717) is 18.9 Å². The summed E-state index contributed by atoms with van der Waals surface area (Å²) in [4.78, 5) is 26.7. The molecule has 0 aromatic heterocycles. The van der Waals surface area contributed by atoms with Gasteiger partial charge in [-0.1, -0.05) is 48.5 Å². The zero-order chi connectivity index (χ0) is 23.0. The molecule has 0 saturated carbocycles. The molecule has 1 aliphatic heterocycles. The zero-order valence-electron chi connectivity index (χ0n) is 19.4. The van der Waals surface area contributed by atoms with Gasteiger partial charge in [0.1, 0.15) is 5.60 Å². The van der Waals surface area contributed by atoms with Gasteiger partial charge in [-0.25, -0.2) is 4.79 Å². The number of benzene rings is 2. The van der Waals surface area contributed by atoms with Crippen LogP contribution in [0.15, 0.2) is 54.6 Å². The summed E-state index contributed by atoms with van der Waals surface area (Å²) in [6.07, 6.45) is 2.12. The molecule has 1 saturated heterocycles. The van der Waals surface area contributed by atoms with Gasteiger partial charge in [-0.3, -0.25) is 4.79 Å². The summed E-state index contributed by atoms with van der Waals surface area (Å²) in [5.41, 5.74) is 2.48. The maximum atomic E-state index is 12.6. The molecule has 0 spiro atoms. The Hall–Kier alpha value is -2.86. The van der Waals surface area contributed by atoms with Crippen molar-refractivity contribution in [3.63, 3.8) is 0 Å². The first-order valence-corrected chi connectivity index (χ1v) is 11.4. The molecular weight excluding hydrogens is 402 g/mol. The van der Waals surface area contributed by atoms with Crippen LogP contribution in [-0.2, 0) is 9.53 Å². The normalized spacial score (nSPS) is 15.2. The minimum absolute atomic E-state index is 0.0297. The van der Waals surface area contributed by atoms with E-state index in [0.717, 1.165) is 49.3 Å². The number of anilines is 1. The average Bonchev–Trinajstić information content (AvgIpc) is 2.77. The number of piperidine rings is 1. The molecule has 1 aliphatic rings. The average molecular weight is 438 g/mol. The topological polar surface area (TPSA) is 70.7 Å². The minimum atomic E-state index is -0.477. The number of hydrogen-bond acceptors (Lipinski definition) is 4. The van der Waals surface area contributed by atoms with Crippen molar-refractivity contribution in [1.82, 2.24) is 10.2 Å². The molecule has 2 amide bonds. The Kier molecular flexibility index (Phi) is 8.28. The molecular formula is C26H35N3O3. The van der Waals surface area contributed by atoms with E-state index >= 15 is 0 Å². The third-order valence-corrected chi connectivity index (χ3v) is 5.58. The number of rotatable bonds is 7. The maximum Gasteiger partial charge on any atom is 0.407 e. The lowest BCUT2D eigenvalue weighted by Gasteiger charge is -2.32. The monoisotopic (exact) mass is 437 g/mol. The van der Waals surface area contributed by atoms with E-state index in [9.17, 15) is 9.59 Å².